The normalized spacial score (nSPS) is 23.4. The Balaban J connectivity index is 1.58. The van der Waals surface area contributed by atoms with E-state index < -0.39 is 11.6 Å². The SMILES string of the molecule is COc1ccc(NC(=O)[C@H]2[C@H]3NC(=S)N(c4ccccc4)[C@@]2(C)Oc2ccccc23)cc1. The highest BCUT2D eigenvalue weighted by Crippen LogP contribution is 2.49. The quantitative estimate of drug-likeness (QED) is 0.577. The van der Waals surface area contributed by atoms with Crippen LogP contribution in [-0.4, -0.2) is 23.9 Å². The molecule has 3 aromatic rings. The molecular formula is C25H23N3O3S. The van der Waals surface area contributed by atoms with Gasteiger partial charge >= 0.3 is 0 Å². The minimum absolute atomic E-state index is 0.159. The molecule has 6 nitrogen and oxygen atoms in total. The van der Waals surface area contributed by atoms with Crippen LogP contribution in [0.1, 0.15) is 18.5 Å². The second kappa shape index (κ2) is 7.84. The fourth-order valence-electron chi connectivity index (χ4n) is 4.59. The van der Waals surface area contributed by atoms with Crippen molar-refractivity contribution in [2.75, 3.05) is 17.3 Å². The number of para-hydroxylation sites is 2. The summed E-state index contributed by atoms with van der Waals surface area (Å²) in [4.78, 5) is 15.6. The Hall–Kier alpha value is -3.58. The molecule has 162 valence electrons. The molecule has 5 rings (SSSR count). The molecule has 3 atom stereocenters. The number of anilines is 2. The molecule has 0 saturated carbocycles. The van der Waals surface area contributed by atoms with Crippen LogP contribution in [0.25, 0.3) is 0 Å². The summed E-state index contributed by atoms with van der Waals surface area (Å²) in [5.74, 6) is 0.730. The van der Waals surface area contributed by atoms with Crippen molar-refractivity contribution in [3.05, 3.63) is 84.4 Å². The molecule has 2 aliphatic heterocycles. The molecule has 0 aromatic heterocycles. The maximum atomic E-state index is 13.7. The molecule has 3 aromatic carbocycles. The standard InChI is InChI=1S/C25H23N3O3S/c1-25-21(23(29)26-16-12-14-18(30-2)15-13-16)22(19-10-6-7-11-20(19)31-25)27-24(32)28(25)17-8-4-3-5-9-17/h3-15,21-22H,1-2H3,(H,26,29)(H,27,32)/t21-,22+,25+/m1/s1. The van der Waals surface area contributed by atoms with E-state index in [1.54, 1.807) is 7.11 Å². The molecule has 2 N–H and O–H groups in total. The molecular weight excluding hydrogens is 422 g/mol. The molecule has 1 amide bonds. The minimum atomic E-state index is -1.03. The molecule has 2 aliphatic rings. The Morgan fingerprint density at radius 1 is 1.06 bits per heavy atom. The monoisotopic (exact) mass is 445 g/mol. The van der Waals surface area contributed by atoms with Crippen molar-refractivity contribution >= 4 is 34.6 Å². The van der Waals surface area contributed by atoms with Gasteiger partial charge in [0.15, 0.2) is 10.8 Å². The molecule has 0 unspecified atom stereocenters. The maximum absolute atomic E-state index is 13.7. The molecule has 7 heteroatoms. The Labute approximate surface area is 192 Å². The maximum Gasteiger partial charge on any atom is 0.236 e. The first kappa shape index (κ1) is 20.3. The molecule has 1 saturated heterocycles. The van der Waals surface area contributed by atoms with E-state index >= 15 is 0 Å². The van der Waals surface area contributed by atoms with Crippen LogP contribution in [0.4, 0.5) is 11.4 Å². The van der Waals surface area contributed by atoms with Crippen LogP contribution >= 0.6 is 12.2 Å². The molecule has 0 spiro atoms. The van der Waals surface area contributed by atoms with Gasteiger partial charge in [-0.15, -0.1) is 0 Å². The summed E-state index contributed by atoms with van der Waals surface area (Å²) in [6, 6.07) is 24.5. The van der Waals surface area contributed by atoms with E-state index in [-0.39, 0.29) is 11.9 Å². The molecule has 2 heterocycles. The van der Waals surface area contributed by atoms with Crippen molar-refractivity contribution in [3.8, 4) is 11.5 Å². The van der Waals surface area contributed by atoms with E-state index in [0.29, 0.717) is 10.8 Å². The third-order valence-corrected chi connectivity index (χ3v) is 6.36. The van der Waals surface area contributed by atoms with Crippen LogP contribution in [0.2, 0.25) is 0 Å². The van der Waals surface area contributed by atoms with Crippen molar-refractivity contribution in [2.45, 2.75) is 18.7 Å². The predicted octanol–water partition coefficient (Wildman–Crippen LogP) is 4.49. The number of fused-ring (bicyclic) bond motifs is 4. The van der Waals surface area contributed by atoms with Crippen molar-refractivity contribution < 1.29 is 14.3 Å². The first-order valence-corrected chi connectivity index (χ1v) is 10.8. The first-order chi connectivity index (χ1) is 15.5. The largest absolute Gasteiger partial charge is 0.497 e. The number of ether oxygens (including phenoxy) is 2. The Kier molecular flexibility index (Phi) is 4.98. The summed E-state index contributed by atoms with van der Waals surface area (Å²) in [6.07, 6.45) is 0. The van der Waals surface area contributed by atoms with E-state index in [4.69, 9.17) is 21.7 Å². The smallest absolute Gasteiger partial charge is 0.236 e. The van der Waals surface area contributed by atoms with Gasteiger partial charge in [-0.05, 0) is 61.6 Å². The van der Waals surface area contributed by atoms with Crippen molar-refractivity contribution in [1.29, 1.82) is 0 Å². The fourth-order valence-corrected chi connectivity index (χ4v) is 5.00. The lowest BCUT2D eigenvalue weighted by atomic mass is 9.78. The molecule has 0 radical (unpaired) electrons. The van der Waals surface area contributed by atoms with E-state index in [1.807, 2.05) is 90.7 Å². The lowest BCUT2D eigenvalue weighted by Crippen LogP contribution is -2.72. The van der Waals surface area contributed by atoms with Gasteiger partial charge in [-0.25, -0.2) is 0 Å². The van der Waals surface area contributed by atoms with Gasteiger partial charge in [0.1, 0.15) is 17.4 Å². The number of rotatable bonds is 4. The minimum Gasteiger partial charge on any atom is -0.497 e. The molecule has 0 aliphatic carbocycles. The van der Waals surface area contributed by atoms with Crippen LogP contribution in [0.3, 0.4) is 0 Å². The second-order valence-corrected chi connectivity index (χ2v) is 8.37. The lowest BCUT2D eigenvalue weighted by Gasteiger charge is -2.56. The zero-order chi connectivity index (χ0) is 22.3. The summed E-state index contributed by atoms with van der Waals surface area (Å²) < 4.78 is 11.8. The highest BCUT2D eigenvalue weighted by Gasteiger charge is 2.59. The van der Waals surface area contributed by atoms with E-state index in [1.165, 1.54) is 0 Å². The van der Waals surface area contributed by atoms with Gasteiger partial charge in [-0.2, -0.15) is 0 Å². The van der Waals surface area contributed by atoms with Gasteiger partial charge in [0.25, 0.3) is 0 Å². The highest BCUT2D eigenvalue weighted by atomic mass is 32.1. The Bertz CT molecular complexity index is 1170. The number of hydrogen-bond acceptors (Lipinski definition) is 4. The van der Waals surface area contributed by atoms with Crippen LogP contribution in [0.15, 0.2) is 78.9 Å². The number of nitrogens with one attached hydrogen (secondary N) is 2. The average Bonchev–Trinajstić information content (AvgIpc) is 2.79. The Morgan fingerprint density at radius 2 is 1.75 bits per heavy atom. The van der Waals surface area contributed by atoms with Gasteiger partial charge in [-0.1, -0.05) is 36.4 Å². The average molecular weight is 446 g/mol. The second-order valence-electron chi connectivity index (χ2n) is 7.99. The van der Waals surface area contributed by atoms with Crippen LogP contribution in [-0.2, 0) is 4.79 Å². The predicted molar refractivity (Wildman–Crippen MR) is 128 cm³/mol. The summed E-state index contributed by atoms with van der Waals surface area (Å²) >= 11 is 5.75. The molecule has 1 fully saturated rings. The third kappa shape index (κ3) is 3.26. The van der Waals surface area contributed by atoms with Crippen LogP contribution in [0, 0.1) is 5.92 Å². The van der Waals surface area contributed by atoms with Gasteiger partial charge in [0.2, 0.25) is 5.91 Å². The van der Waals surface area contributed by atoms with Gasteiger partial charge in [0.05, 0.1) is 13.2 Å². The topological polar surface area (TPSA) is 62.8 Å². The molecule has 32 heavy (non-hydrogen) atoms. The number of hydrogen-bond donors (Lipinski definition) is 2. The van der Waals surface area contributed by atoms with E-state index in [2.05, 4.69) is 10.6 Å². The number of carbonyl (C=O) groups is 1. The van der Waals surface area contributed by atoms with Crippen molar-refractivity contribution in [1.82, 2.24) is 5.32 Å². The lowest BCUT2D eigenvalue weighted by molar-refractivity contribution is -0.130. The van der Waals surface area contributed by atoms with E-state index in [9.17, 15) is 4.79 Å². The number of methoxy groups -OCH3 is 1. The molecule has 2 bridgehead atoms. The zero-order valence-corrected chi connectivity index (χ0v) is 18.6. The zero-order valence-electron chi connectivity index (χ0n) is 17.7. The summed E-state index contributed by atoms with van der Waals surface area (Å²) in [5.41, 5.74) is 1.42. The number of carbonyl (C=O) groups excluding carboxylic acids is 1. The third-order valence-electron chi connectivity index (χ3n) is 6.06. The van der Waals surface area contributed by atoms with Crippen LogP contribution < -0.4 is 25.0 Å². The van der Waals surface area contributed by atoms with Crippen molar-refractivity contribution in [3.63, 3.8) is 0 Å². The number of thiocarbonyl (C=S) groups is 1. The number of amides is 1. The highest BCUT2D eigenvalue weighted by molar-refractivity contribution is 7.80. The Morgan fingerprint density at radius 3 is 2.47 bits per heavy atom. The van der Waals surface area contributed by atoms with Gasteiger partial charge in [-0.3, -0.25) is 9.69 Å². The summed E-state index contributed by atoms with van der Waals surface area (Å²) in [5, 5.41) is 6.98. The summed E-state index contributed by atoms with van der Waals surface area (Å²) in [6.45, 7) is 1.92. The number of nitrogens with zero attached hydrogens (tertiary/aromatic N) is 1. The van der Waals surface area contributed by atoms with Crippen molar-refractivity contribution in [2.24, 2.45) is 5.92 Å². The van der Waals surface area contributed by atoms with E-state index in [0.717, 1.165) is 22.7 Å². The fraction of sp³-hybridized carbons (Fsp3) is 0.200. The number of benzene rings is 3. The summed E-state index contributed by atoms with van der Waals surface area (Å²) in [7, 11) is 1.61. The van der Waals surface area contributed by atoms with Crippen LogP contribution in [0.5, 0.6) is 11.5 Å². The first-order valence-electron chi connectivity index (χ1n) is 10.4. The van der Waals surface area contributed by atoms with Gasteiger partial charge in [0, 0.05) is 16.9 Å². The van der Waals surface area contributed by atoms with Gasteiger partial charge < -0.3 is 20.1 Å².